The molecule has 0 atom stereocenters. The van der Waals surface area contributed by atoms with Crippen LogP contribution in [0.1, 0.15) is 55.4 Å². The Morgan fingerprint density at radius 3 is 1.42 bits per heavy atom. The first kappa shape index (κ1) is 43.1. The Labute approximate surface area is 240 Å². The van der Waals surface area contributed by atoms with E-state index >= 15 is 0 Å². The highest BCUT2D eigenvalue weighted by molar-refractivity contribution is 6.61. The van der Waals surface area contributed by atoms with Crippen molar-refractivity contribution in [1.29, 1.82) is 0 Å². The second kappa shape index (κ2) is 28.1. The van der Waals surface area contributed by atoms with Gasteiger partial charge in [-0.1, -0.05) is 23.2 Å². The zero-order valence-corrected chi connectivity index (χ0v) is 25.6. The summed E-state index contributed by atoms with van der Waals surface area (Å²) in [5, 5.41) is 13.1. The van der Waals surface area contributed by atoms with Crippen molar-refractivity contribution in [3.63, 3.8) is 0 Å². The summed E-state index contributed by atoms with van der Waals surface area (Å²) in [5.74, 6) is 0. The molecule has 0 aliphatic rings. The van der Waals surface area contributed by atoms with E-state index in [0.717, 1.165) is 13.2 Å². The molecule has 0 spiro atoms. The fraction of sp³-hybridized carbons (Fsp3) is 0.818. The second-order valence-corrected chi connectivity index (χ2v) is 8.95. The summed E-state index contributed by atoms with van der Waals surface area (Å²) >= 11 is 14.6. The smallest absolute Gasteiger partial charge is 0.444 e. The van der Waals surface area contributed by atoms with Crippen LogP contribution in [0.4, 0.5) is 19.2 Å². The van der Waals surface area contributed by atoms with E-state index in [0.29, 0.717) is 0 Å². The number of nitrogens with one attached hydrogen (secondary N) is 2. The molecule has 3 N–H and O–H groups in total. The van der Waals surface area contributed by atoms with Gasteiger partial charge in [-0.05, 0) is 55.4 Å². The average molecular weight is 618 g/mol. The third-order valence-electron chi connectivity index (χ3n) is 2.52. The molecule has 0 saturated carbocycles. The van der Waals surface area contributed by atoms with Gasteiger partial charge in [-0.25, -0.2) is 19.2 Å². The zero-order chi connectivity index (χ0) is 30.6. The van der Waals surface area contributed by atoms with Crippen molar-refractivity contribution in [3.05, 3.63) is 0 Å². The van der Waals surface area contributed by atoms with Crippen LogP contribution in [0.2, 0.25) is 0 Å². The van der Waals surface area contributed by atoms with E-state index in [1.807, 2.05) is 13.8 Å². The largest absolute Gasteiger partial charge is 0.509 e. The van der Waals surface area contributed by atoms with E-state index in [-0.39, 0.29) is 38.4 Å². The first-order valence-corrected chi connectivity index (χ1v) is 12.8. The van der Waals surface area contributed by atoms with Gasteiger partial charge in [-0.15, -0.1) is 0 Å². The minimum Gasteiger partial charge on any atom is -0.444 e. The number of aliphatic hydroxyl groups excluding tert-OH is 1. The van der Waals surface area contributed by atoms with E-state index in [1.54, 1.807) is 41.5 Å². The molecule has 16 heteroatoms. The molecule has 0 saturated heterocycles. The fourth-order valence-corrected chi connectivity index (χ4v) is 1.71. The average Bonchev–Trinajstić information content (AvgIpc) is 2.75. The van der Waals surface area contributed by atoms with Gasteiger partial charge < -0.3 is 44.2 Å². The number of carbonyl (C=O) groups excluding carboxylic acids is 4. The molecule has 0 heterocycles. The monoisotopic (exact) mass is 616 g/mol. The number of aliphatic hydroxyl groups is 1. The van der Waals surface area contributed by atoms with Crippen LogP contribution in [-0.4, -0.2) is 91.7 Å². The third kappa shape index (κ3) is 50.8. The molecular weight excluding hydrogens is 575 g/mol. The molecule has 0 radical (unpaired) electrons. The van der Waals surface area contributed by atoms with Gasteiger partial charge in [0.05, 0.1) is 13.2 Å². The molecule has 0 unspecified atom stereocenters. The quantitative estimate of drug-likeness (QED) is 0.105. The van der Waals surface area contributed by atoms with Crippen molar-refractivity contribution >= 4 is 58.6 Å². The molecule has 13 nitrogen and oxygen atoms in total. The van der Waals surface area contributed by atoms with E-state index in [2.05, 4.69) is 36.4 Å². The molecule has 0 rings (SSSR count). The Hall–Kier alpha value is -1.93. The Morgan fingerprint density at radius 1 is 0.737 bits per heavy atom. The number of alkyl carbamates (subject to hydrolysis) is 2. The van der Waals surface area contributed by atoms with Gasteiger partial charge in [0.2, 0.25) is 0 Å². The van der Waals surface area contributed by atoms with Crippen molar-refractivity contribution in [1.82, 2.24) is 10.6 Å². The van der Waals surface area contributed by atoms with Crippen LogP contribution in [0, 0.1) is 0 Å². The summed E-state index contributed by atoms with van der Waals surface area (Å²) in [5.41, 5.74) is -1.90. The Balaban J connectivity index is -0.000000226. The maximum atomic E-state index is 11.1. The molecule has 0 aromatic heterocycles. The molecule has 38 heavy (non-hydrogen) atoms. The number of ether oxygens (including phenoxy) is 6. The van der Waals surface area contributed by atoms with E-state index < -0.39 is 35.0 Å². The van der Waals surface area contributed by atoms with Crippen LogP contribution in [0.25, 0.3) is 0 Å². The topological polar surface area (TPSA) is 168 Å². The predicted octanol–water partition coefficient (Wildman–Crippen LogP) is 4.96. The van der Waals surface area contributed by atoms with Crippen LogP contribution in [0.5, 0.6) is 0 Å². The van der Waals surface area contributed by atoms with Gasteiger partial charge in [0, 0.05) is 31.4 Å². The number of hydrogen-bond donors (Lipinski definition) is 3. The third-order valence-corrected chi connectivity index (χ3v) is 2.85. The van der Waals surface area contributed by atoms with E-state index in [4.69, 9.17) is 42.5 Å². The van der Waals surface area contributed by atoms with Crippen LogP contribution in [0.15, 0.2) is 0 Å². The first-order chi connectivity index (χ1) is 17.5. The number of halogens is 3. The van der Waals surface area contributed by atoms with Gasteiger partial charge in [0.25, 0.3) is 0 Å². The number of hydrogen-bond acceptors (Lipinski definition) is 11. The highest BCUT2D eigenvalue weighted by atomic mass is 35.5. The summed E-state index contributed by atoms with van der Waals surface area (Å²) in [7, 11) is 0. The SMILES string of the molecule is CC(C)(C)OC(=O)NCCO.CC(C)(C)OC(=O)NCCOC(=O)OCCl.CCOCC.O=C(Cl)OCCl. The first-order valence-electron chi connectivity index (χ1n) is 11.3. The maximum absolute atomic E-state index is 11.1. The lowest BCUT2D eigenvalue weighted by Gasteiger charge is -2.19. The molecule has 0 aliphatic heterocycles. The van der Waals surface area contributed by atoms with Crippen LogP contribution < -0.4 is 10.6 Å². The van der Waals surface area contributed by atoms with Crippen molar-refractivity contribution in [3.8, 4) is 0 Å². The van der Waals surface area contributed by atoms with Crippen LogP contribution >= 0.6 is 34.8 Å². The van der Waals surface area contributed by atoms with Crippen molar-refractivity contribution in [2.75, 3.05) is 51.6 Å². The summed E-state index contributed by atoms with van der Waals surface area (Å²) in [6.07, 6.45) is -1.94. The molecule has 2 amide bonds. The van der Waals surface area contributed by atoms with Crippen molar-refractivity contribution in [2.45, 2.75) is 66.6 Å². The van der Waals surface area contributed by atoms with E-state index in [1.165, 1.54) is 0 Å². The molecule has 0 aromatic carbocycles. The number of alkyl halides is 2. The van der Waals surface area contributed by atoms with Gasteiger partial charge in [0.15, 0.2) is 12.1 Å². The molecule has 228 valence electrons. The summed E-state index contributed by atoms with van der Waals surface area (Å²) < 4.78 is 27.4. The van der Waals surface area contributed by atoms with Crippen LogP contribution in [-0.2, 0) is 28.4 Å². The van der Waals surface area contributed by atoms with Crippen molar-refractivity contribution in [2.24, 2.45) is 0 Å². The molecule has 0 bridgehead atoms. The normalized spacial score (nSPS) is 9.89. The van der Waals surface area contributed by atoms with Gasteiger partial charge in [0.1, 0.15) is 17.8 Å². The molecule has 0 fully saturated rings. The Kier molecular flexibility index (Phi) is 31.9. The fourth-order valence-electron chi connectivity index (χ4n) is 1.41. The van der Waals surface area contributed by atoms with Gasteiger partial charge >= 0.3 is 23.8 Å². The lowest BCUT2D eigenvalue weighted by molar-refractivity contribution is 0.0469. The summed E-state index contributed by atoms with van der Waals surface area (Å²) in [6, 6.07) is -0.444. The van der Waals surface area contributed by atoms with Gasteiger partial charge in [-0.2, -0.15) is 0 Å². The number of amides is 2. The maximum Gasteiger partial charge on any atom is 0.509 e. The lowest BCUT2D eigenvalue weighted by Crippen LogP contribution is -2.34. The predicted molar refractivity (Wildman–Crippen MR) is 144 cm³/mol. The van der Waals surface area contributed by atoms with Crippen LogP contribution in [0.3, 0.4) is 0 Å². The zero-order valence-electron chi connectivity index (χ0n) is 23.3. The highest BCUT2D eigenvalue weighted by Gasteiger charge is 2.16. The highest BCUT2D eigenvalue weighted by Crippen LogP contribution is 2.06. The van der Waals surface area contributed by atoms with Crippen molar-refractivity contribution < 1.29 is 52.7 Å². The molecule has 0 aliphatic carbocycles. The Morgan fingerprint density at radius 2 is 1.16 bits per heavy atom. The van der Waals surface area contributed by atoms with E-state index in [9.17, 15) is 19.2 Å². The molecule has 0 aromatic rings. The second-order valence-electron chi connectivity index (χ2n) is 8.21. The standard InChI is InChI=1S/C9H16ClNO5.C7H15NO3.C4H10O.C2H2Cl2O2/c1-9(2,3)16-7(12)11-4-5-14-8(13)15-6-10;1-7(2,3)11-6(10)8-4-5-9;1-3-5-4-2;3-1-6-2(4)5/h4-6H2,1-3H3,(H,11,12);9H,4-5H2,1-3H3,(H,8,10);3-4H2,1-2H3;1H2. The minimum atomic E-state index is -0.874. The lowest BCUT2D eigenvalue weighted by atomic mass is 10.2. The summed E-state index contributed by atoms with van der Waals surface area (Å²) in [6.45, 7) is 16.6. The minimum absolute atomic E-state index is 0.00499. The number of rotatable bonds is 9. The number of carbonyl (C=O) groups is 4. The molecular formula is C22H43Cl3N2O11. The summed E-state index contributed by atoms with van der Waals surface area (Å²) in [4.78, 5) is 42.0. The van der Waals surface area contributed by atoms with Gasteiger partial charge in [-0.3, -0.25) is 0 Å². The Bertz CT molecular complexity index is 612.